The van der Waals surface area contributed by atoms with E-state index < -0.39 is 0 Å². The topological polar surface area (TPSA) is 53.1 Å². The summed E-state index contributed by atoms with van der Waals surface area (Å²) in [6.07, 6.45) is 0.982. The lowest BCUT2D eigenvalue weighted by Gasteiger charge is -2.36. The van der Waals surface area contributed by atoms with Crippen molar-refractivity contribution < 1.29 is 14.3 Å². The van der Waals surface area contributed by atoms with Crippen molar-refractivity contribution in [3.05, 3.63) is 95.1 Å². The predicted molar refractivity (Wildman–Crippen MR) is 132 cm³/mol. The molecule has 0 radical (unpaired) electrons. The summed E-state index contributed by atoms with van der Waals surface area (Å²) in [5.41, 5.74) is 4.47. The molecule has 0 spiro atoms. The smallest absolute Gasteiger partial charge is 0.261 e. The van der Waals surface area contributed by atoms with E-state index in [2.05, 4.69) is 34.1 Å². The van der Waals surface area contributed by atoms with Gasteiger partial charge in [0.05, 0.1) is 24.8 Å². The molecule has 0 N–H and O–H groups in total. The molecule has 2 heterocycles. The molecule has 0 aliphatic carbocycles. The van der Waals surface area contributed by atoms with Gasteiger partial charge in [-0.15, -0.1) is 0 Å². The van der Waals surface area contributed by atoms with Crippen LogP contribution in [0.3, 0.4) is 0 Å². The van der Waals surface area contributed by atoms with Crippen molar-refractivity contribution in [3.63, 3.8) is 0 Å². The van der Waals surface area contributed by atoms with Crippen LogP contribution in [0.5, 0.6) is 5.75 Å². The maximum absolute atomic E-state index is 12.6. The summed E-state index contributed by atoms with van der Waals surface area (Å²) < 4.78 is 5.25. The fourth-order valence-corrected chi connectivity index (χ4v) is 4.69. The molecule has 0 atom stereocenters. The summed E-state index contributed by atoms with van der Waals surface area (Å²) in [5, 5.41) is 0. The third kappa shape index (κ3) is 4.54. The van der Waals surface area contributed by atoms with Crippen molar-refractivity contribution in [3.8, 4) is 5.75 Å². The molecule has 3 aromatic rings. The Kier molecular flexibility index (Phi) is 6.32. The molecule has 0 saturated carbocycles. The molecule has 3 aromatic carbocycles. The lowest BCUT2D eigenvalue weighted by atomic mass is 10.1. The van der Waals surface area contributed by atoms with E-state index in [1.807, 2.05) is 24.3 Å². The first-order valence-electron chi connectivity index (χ1n) is 11.8. The van der Waals surface area contributed by atoms with Crippen molar-refractivity contribution in [2.24, 2.45) is 0 Å². The van der Waals surface area contributed by atoms with Gasteiger partial charge in [-0.2, -0.15) is 0 Å². The van der Waals surface area contributed by atoms with Gasteiger partial charge < -0.3 is 9.64 Å². The van der Waals surface area contributed by atoms with Gasteiger partial charge in [-0.3, -0.25) is 19.4 Å². The molecule has 1 fully saturated rings. The summed E-state index contributed by atoms with van der Waals surface area (Å²) >= 11 is 0. The van der Waals surface area contributed by atoms with Crippen LogP contribution in [-0.4, -0.2) is 61.4 Å². The Morgan fingerprint density at radius 2 is 1.32 bits per heavy atom. The van der Waals surface area contributed by atoms with Crippen LogP contribution >= 0.6 is 0 Å². The highest BCUT2D eigenvalue weighted by atomic mass is 16.5. The molecule has 2 aliphatic heterocycles. The lowest BCUT2D eigenvalue weighted by Crippen LogP contribution is -2.46. The molecule has 6 heteroatoms. The van der Waals surface area contributed by atoms with Gasteiger partial charge >= 0.3 is 0 Å². The number of piperazine rings is 1. The van der Waals surface area contributed by atoms with Crippen molar-refractivity contribution in [1.82, 2.24) is 9.80 Å². The number of benzene rings is 3. The Labute approximate surface area is 200 Å². The third-order valence-electron chi connectivity index (χ3n) is 6.77. The summed E-state index contributed by atoms with van der Waals surface area (Å²) in [6.45, 7) is 5.46. The molecule has 2 aliphatic rings. The van der Waals surface area contributed by atoms with Crippen LogP contribution in [0.4, 0.5) is 5.69 Å². The Balaban J connectivity index is 1.10. The van der Waals surface area contributed by atoms with Gasteiger partial charge in [0, 0.05) is 38.4 Å². The van der Waals surface area contributed by atoms with E-state index in [1.165, 1.54) is 16.2 Å². The Hall–Kier alpha value is -3.64. The molecule has 6 nitrogen and oxygen atoms in total. The number of nitrogens with zero attached hydrogens (tertiary/aromatic N) is 3. The fraction of sp³-hybridized carbons (Fsp3) is 0.286. The van der Waals surface area contributed by atoms with Gasteiger partial charge in [0.25, 0.3) is 11.8 Å². The number of hydrogen-bond donors (Lipinski definition) is 0. The second-order valence-corrected chi connectivity index (χ2v) is 8.84. The minimum Gasteiger partial charge on any atom is -0.497 e. The zero-order valence-electron chi connectivity index (χ0n) is 19.4. The maximum atomic E-state index is 12.6. The molecule has 174 valence electrons. The largest absolute Gasteiger partial charge is 0.497 e. The van der Waals surface area contributed by atoms with Crippen LogP contribution in [-0.2, 0) is 13.0 Å². The van der Waals surface area contributed by atoms with Gasteiger partial charge in [0.2, 0.25) is 0 Å². The van der Waals surface area contributed by atoms with Crippen LogP contribution in [0.25, 0.3) is 0 Å². The van der Waals surface area contributed by atoms with Crippen LogP contribution in [0, 0.1) is 0 Å². The highest BCUT2D eigenvalue weighted by Gasteiger charge is 2.34. The fourth-order valence-electron chi connectivity index (χ4n) is 4.69. The summed E-state index contributed by atoms with van der Waals surface area (Å²) in [6, 6.07) is 23.6. The molecule has 0 aromatic heterocycles. The number of fused-ring (bicyclic) bond motifs is 1. The number of imide groups is 1. The quantitative estimate of drug-likeness (QED) is 0.507. The van der Waals surface area contributed by atoms with Gasteiger partial charge in [-0.1, -0.05) is 36.4 Å². The molecule has 1 saturated heterocycles. The number of methoxy groups -OCH3 is 1. The monoisotopic (exact) mass is 455 g/mol. The third-order valence-corrected chi connectivity index (χ3v) is 6.77. The van der Waals surface area contributed by atoms with Crippen LogP contribution in [0.15, 0.2) is 72.8 Å². The first-order valence-corrected chi connectivity index (χ1v) is 11.8. The van der Waals surface area contributed by atoms with E-state index in [9.17, 15) is 9.59 Å². The maximum Gasteiger partial charge on any atom is 0.261 e. The van der Waals surface area contributed by atoms with Gasteiger partial charge in [-0.25, -0.2) is 0 Å². The van der Waals surface area contributed by atoms with Crippen LogP contribution in [0.1, 0.15) is 31.8 Å². The minimum absolute atomic E-state index is 0.210. The second-order valence-electron chi connectivity index (χ2n) is 8.84. The first kappa shape index (κ1) is 22.2. The van der Waals surface area contributed by atoms with E-state index in [-0.39, 0.29) is 11.8 Å². The molecule has 5 rings (SSSR count). The summed E-state index contributed by atoms with van der Waals surface area (Å²) in [7, 11) is 1.69. The number of carbonyl (C=O) groups excluding carboxylic acids is 2. The zero-order valence-corrected chi connectivity index (χ0v) is 19.4. The highest BCUT2D eigenvalue weighted by Crippen LogP contribution is 2.24. The number of anilines is 1. The molecule has 2 amide bonds. The van der Waals surface area contributed by atoms with Crippen LogP contribution < -0.4 is 9.64 Å². The van der Waals surface area contributed by atoms with Crippen molar-refractivity contribution in [1.29, 1.82) is 0 Å². The summed E-state index contributed by atoms with van der Waals surface area (Å²) in [4.78, 5) is 31.4. The lowest BCUT2D eigenvalue weighted by molar-refractivity contribution is 0.0642. The number of amides is 2. The van der Waals surface area contributed by atoms with Crippen molar-refractivity contribution in [2.75, 3.05) is 44.7 Å². The molecule has 0 unspecified atom stereocenters. The van der Waals surface area contributed by atoms with E-state index in [1.54, 1.807) is 31.4 Å². The van der Waals surface area contributed by atoms with Crippen molar-refractivity contribution >= 4 is 17.5 Å². The normalized spacial score (nSPS) is 16.1. The highest BCUT2D eigenvalue weighted by molar-refractivity contribution is 6.21. The second kappa shape index (κ2) is 9.69. The SMILES string of the molecule is COc1ccc(N2CCN(CCc3ccc(CN4C(=O)c5ccccc5C4=O)cc3)CC2)cc1. The van der Waals surface area contributed by atoms with E-state index >= 15 is 0 Å². The minimum atomic E-state index is -0.210. The van der Waals surface area contributed by atoms with E-state index in [0.717, 1.165) is 50.5 Å². The number of hydrogen-bond acceptors (Lipinski definition) is 5. The Bertz CT molecular complexity index is 1130. The van der Waals surface area contributed by atoms with Crippen molar-refractivity contribution in [2.45, 2.75) is 13.0 Å². The molecular weight excluding hydrogens is 426 g/mol. The molecule has 34 heavy (non-hydrogen) atoms. The van der Waals surface area contributed by atoms with Gasteiger partial charge in [0.15, 0.2) is 0 Å². The first-order chi connectivity index (χ1) is 16.6. The Morgan fingerprint density at radius 1 is 0.735 bits per heavy atom. The number of rotatable bonds is 7. The number of ether oxygens (including phenoxy) is 1. The molecule has 0 bridgehead atoms. The van der Waals surface area contributed by atoms with Gasteiger partial charge in [0.1, 0.15) is 5.75 Å². The predicted octanol–water partition coefficient (Wildman–Crippen LogP) is 3.86. The average molecular weight is 456 g/mol. The van der Waals surface area contributed by atoms with E-state index in [0.29, 0.717) is 17.7 Å². The standard InChI is InChI=1S/C28H29N3O3/c1-34-24-12-10-23(11-13-24)30-18-16-29(17-19-30)15-14-21-6-8-22(9-7-21)20-31-27(32)25-4-2-3-5-26(25)28(31)33/h2-13H,14-20H2,1H3. The molecular formula is C28H29N3O3. The number of carbonyl (C=O) groups is 2. The van der Waals surface area contributed by atoms with Gasteiger partial charge in [-0.05, 0) is 53.9 Å². The Morgan fingerprint density at radius 3 is 1.91 bits per heavy atom. The average Bonchev–Trinajstić information content (AvgIpc) is 3.13. The van der Waals surface area contributed by atoms with Crippen LogP contribution in [0.2, 0.25) is 0 Å². The van der Waals surface area contributed by atoms with E-state index in [4.69, 9.17) is 4.74 Å². The summed E-state index contributed by atoms with van der Waals surface area (Å²) in [5.74, 6) is 0.467. The zero-order chi connectivity index (χ0) is 23.5.